The van der Waals surface area contributed by atoms with Crippen molar-refractivity contribution < 1.29 is 18.5 Å². The molecule has 4 heterocycles. The fourth-order valence-electron chi connectivity index (χ4n) is 3.76. The summed E-state index contributed by atoms with van der Waals surface area (Å²) in [6.07, 6.45) is 4.84. The summed E-state index contributed by atoms with van der Waals surface area (Å²) in [5.74, 6) is 0.854. The average molecular weight is 418 g/mol. The van der Waals surface area contributed by atoms with Crippen LogP contribution in [-0.4, -0.2) is 45.6 Å². The highest BCUT2D eigenvalue weighted by atomic mass is 16.5. The van der Waals surface area contributed by atoms with Crippen LogP contribution in [0, 0.1) is 13.8 Å². The van der Waals surface area contributed by atoms with E-state index >= 15 is 0 Å². The van der Waals surface area contributed by atoms with Crippen LogP contribution in [0.4, 0.5) is 0 Å². The number of furan rings is 1. The van der Waals surface area contributed by atoms with Crippen LogP contribution in [0.2, 0.25) is 0 Å². The van der Waals surface area contributed by atoms with E-state index in [0.29, 0.717) is 31.4 Å². The molecular weight excluding hydrogens is 396 g/mol. The molecule has 5 rings (SSSR count). The summed E-state index contributed by atoms with van der Waals surface area (Å²) in [5, 5.41) is 5.02. The van der Waals surface area contributed by atoms with Crippen molar-refractivity contribution in [3.05, 3.63) is 65.5 Å². The first-order valence-corrected chi connectivity index (χ1v) is 10.2. The molecule has 0 saturated carbocycles. The molecule has 0 N–H and O–H groups in total. The van der Waals surface area contributed by atoms with Crippen molar-refractivity contribution in [2.75, 3.05) is 19.7 Å². The number of hydrogen-bond donors (Lipinski definition) is 0. The highest BCUT2D eigenvalue weighted by Crippen LogP contribution is 2.27. The number of amides is 1. The summed E-state index contributed by atoms with van der Waals surface area (Å²) in [4.78, 5) is 23.2. The van der Waals surface area contributed by atoms with Crippen molar-refractivity contribution in [3.8, 4) is 11.4 Å². The number of ether oxygens (including phenoxy) is 1. The fourth-order valence-corrected chi connectivity index (χ4v) is 3.76. The molecule has 1 fully saturated rings. The summed E-state index contributed by atoms with van der Waals surface area (Å²) in [7, 11) is 0. The van der Waals surface area contributed by atoms with Gasteiger partial charge in [-0.15, -0.1) is 0 Å². The summed E-state index contributed by atoms with van der Waals surface area (Å²) in [6.45, 7) is 5.41. The van der Waals surface area contributed by atoms with E-state index in [1.165, 1.54) is 11.1 Å². The third-order valence-corrected chi connectivity index (χ3v) is 5.69. The van der Waals surface area contributed by atoms with Gasteiger partial charge in [0.15, 0.2) is 6.10 Å². The van der Waals surface area contributed by atoms with Crippen molar-refractivity contribution in [1.29, 1.82) is 0 Å². The van der Waals surface area contributed by atoms with Gasteiger partial charge in [0.25, 0.3) is 5.89 Å². The lowest BCUT2D eigenvalue weighted by Gasteiger charge is -2.31. The van der Waals surface area contributed by atoms with E-state index in [0.717, 1.165) is 22.1 Å². The lowest BCUT2D eigenvalue weighted by atomic mass is 10.0. The first kappa shape index (κ1) is 19.4. The molecule has 8 heteroatoms. The van der Waals surface area contributed by atoms with Gasteiger partial charge in [0.05, 0.1) is 25.8 Å². The molecule has 1 aliphatic rings. The zero-order chi connectivity index (χ0) is 21.4. The Labute approximate surface area is 178 Å². The Kier molecular flexibility index (Phi) is 4.99. The molecule has 0 unspecified atom stereocenters. The van der Waals surface area contributed by atoms with E-state index in [4.69, 9.17) is 13.7 Å². The molecule has 158 valence electrons. The van der Waals surface area contributed by atoms with Crippen LogP contribution in [0.25, 0.3) is 22.4 Å². The molecule has 0 aliphatic carbocycles. The molecule has 1 aliphatic heterocycles. The first-order chi connectivity index (χ1) is 15.1. The summed E-state index contributed by atoms with van der Waals surface area (Å²) >= 11 is 0. The van der Waals surface area contributed by atoms with E-state index in [2.05, 4.69) is 28.1 Å². The van der Waals surface area contributed by atoms with Crippen LogP contribution in [-0.2, 0) is 16.0 Å². The van der Waals surface area contributed by atoms with Gasteiger partial charge in [-0.3, -0.25) is 9.78 Å². The Balaban J connectivity index is 1.30. The Hall–Kier alpha value is -3.52. The molecule has 0 spiro atoms. The van der Waals surface area contributed by atoms with E-state index in [1.807, 2.05) is 25.1 Å². The Morgan fingerprint density at radius 3 is 2.84 bits per heavy atom. The molecule has 1 atom stereocenters. The van der Waals surface area contributed by atoms with Crippen LogP contribution in [0.1, 0.15) is 28.7 Å². The third-order valence-electron chi connectivity index (χ3n) is 5.69. The van der Waals surface area contributed by atoms with Crippen LogP contribution in [0.15, 0.2) is 51.9 Å². The number of rotatable bonds is 4. The van der Waals surface area contributed by atoms with Crippen LogP contribution in [0.3, 0.4) is 0 Å². The lowest BCUT2D eigenvalue weighted by molar-refractivity contribution is -0.139. The minimum atomic E-state index is -0.452. The number of fused-ring (bicyclic) bond motifs is 1. The van der Waals surface area contributed by atoms with E-state index in [9.17, 15) is 4.79 Å². The maximum Gasteiger partial charge on any atom is 0.257 e. The van der Waals surface area contributed by atoms with E-state index < -0.39 is 6.10 Å². The topological polar surface area (TPSA) is 94.5 Å². The first-order valence-electron chi connectivity index (χ1n) is 10.2. The molecule has 0 bridgehead atoms. The number of benzene rings is 1. The molecule has 1 aromatic carbocycles. The van der Waals surface area contributed by atoms with E-state index in [-0.39, 0.29) is 12.3 Å². The van der Waals surface area contributed by atoms with Crippen molar-refractivity contribution in [2.45, 2.75) is 26.4 Å². The van der Waals surface area contributed by atoms with Gasteiger partial charge in [-0.1, -0.05) is 5.16 Å². The molecule has 8 nitrogen and oxygen atoms in total. The van der Waals surface area contributed by atoms with Crippen molar-refractivity contribution in [3.63, 3.8) is 0 Å². The van der Waals surface area contributed by atoms with Gasteiger partial charge in [0.1, 0.15) is 5.58 Å². The number of pyridine rings is 1. The molecule has 0 radical (unpaired) electrons. The largest absolute Gasteiger partial charge is 0.464 e. The predicted octanol–water partition coefficient (Wildman–Crippen LogP) is 3.64. The second-order valence-electron chi connectivity index (χ2n) is 7.76. The number of carbonyl (C=O) groups is 1. The normalized spacial score (nSPS) is 16.7. The zero-order valence-corrected chi connectivity index (χ0v) is 17.4. The number of aryl methyl sites for hydroxylation is 2. The number of carbonyl (C=O) groups excluding carboxylic acids is 1. The molecular formula is C23H22N4O4. The lowest BCUT2D eigenvalue weighted by Crippen LogP contribution is -2.43. The van der Waals surface area contributed by atoms with Crippen molar-refractivity contribution in [1.82, 2.24) is 20.0 Å². The van der Waals surface area contributed by atoms with E-state index in [1.54, 1.807) is 23.6 Å². The SMILES string of the molecule is Cc1cc2occ(CC(=O)N3CCO[C@@H](c4nc(-c5ccncc5)no4)C3)c2cc1C. The Morgan fingerprint density at radius 1 is 1.19 bits per heavy atom. The smallest absolute Gasteiger partial charge is 0.257 e. The molecule has 3 aromatic heterocycles. The number of aromatic nitrogens is 3. The number of hydrogen-bond acceptors (Lipinski definition) is 7. The predicted molar refractivity (Wildman–Crippen MR) is 112 cm³/mol. The van der Waals surface area contributed by atoms with Crippen molar-refractivity contribution >= 4 is 16.9 Å². The standard InChI is InChI=1S/C23H22N4O4/c1-14-9-18-17(13-30-19(18)10-15(14)2)11-21(28)27-7-8-29-20(12-27)23-25-22(26-31-23)16-3-5-24-6-4-16/h3-6,9-10,13,20H,7-8,11-12H2,1-2H3/t20-/m1/s1. The van der Waals surface area contributed by atoms with Gasteiger partial charge < -0.3 is 18.6 Å². The quantitative estimate of drug-likeness (QED) is 0.499. The maximum atomic E-state index is 13.0. The van der Waals surface area contributed by atoms with Crippen LogP contribution < -0.4 is 0 Å². The van der Waals surface area contributed by atoms with Gasteiger partial charge in [-0.2, -0.15) is 4.98 Å². The van der Waals surface area contributed by atoms with Gasteiger partial charge in [-0.05, 0) is 49.2 Å². The molecule has 1 amide bonds. The Morgan fingerprint density at radius 2 is 2.00 bits per heavy atom. The molecule has 31 heavy (non-hydrogen) atoms. The average Bonchev–Trinajstić information content (AvgIpc) is 3.43. The third kappa shape index (κ3) is 3.82. The number of nitrogens with zero attached hydrogens (tertiary/aromatic N) is 4. The van der Waals surface area contributed by atoms with Gasteiger partial charge in [0.2, 0.25) is 11.7 Å². The minimum absolute atomic E-state index is 0.0168. The Bertz CT molecular complexity index is 1230. The highest BCUT2D eigenvalue weighted by molar-refractivity contribution is 5.88. The second-order valence-corrected chi connectivity index (χ2v) is 7.76. The number of morpholine rings is 1. The highest BCUT2D eigenvalue weighted by Gasteiger charge is 2.30. The molecule has 1 saturated heterocycles. The molecule has 4 aromatic rings. The van der Waals surface area contributed by atoms with Gasteiger partial charge in [-0.25, -0.2) is 0 Å². The summed E-state index contributed by atoms with van der Waals surface area (Å²) < 4.78 is 16.9. The van der Waals surface area contributed by atoms with Crippen molar-refractivity contribution in [2.24, 2.45) is 0 Å². The van der Waals surface area contributed by atoms with Gasteiger partial charge in [0, 0.05) is 35.5 Å². The van der Waals surface area contributed by atoms with Gasteiger partial charge >= 0.3 is 0 Å². The zero-order valence-electron chi connectivity index (χ0n) is 17.4. The fraction of sp³-hybridized carbons (Fsp3) is 0.304. The van der Waals surface area contributed by atoms with Crippen LogP contribution in [0.5, 0.6) is 0 Å². The van der Waals surface area contributed by atoms with Crippen LogP contribution >= 0.6 is 0 Å². The second kappa shape index (κ2) is 7.96. The summed E-state index contributed by atoms with van der Waals surface area (Å²) in [5.41, 5.74) is 4.85. The maximum absolute atomic E-state index is 13.0. The summed E-state index contributed by atoms with van der Waals surface area (Å²) in [6, 6.07) is 7.71. The monoisotopic (exact) mass is 418 g/mol. The minimum Gasteiger partial charge on any atom is -0.464 e.